The van der Waals surface area contributed by atoms with E-state index in [2.05, 4.69) is 4.74 Å². The standard InChI is InChI=1S/C16H10F4O2/c17-12-8-5-11(6-9-12)7-10-14(21)13-3-1-2-4-15(13)22-16(18,19)20/h1-10H. The zero-order valence-electron chi connectivity index (χ0n) is 11.1. The zero-order valence-corrected chi connectivity index (χ0v) is 11.1. The lowest BCUT2D eigenvalue weighted by Crippen LogP contribution is -2.18. The summed E-state index contributed by atoms with van der Waals surface area (Å²) in [7, 11) is 0. The minimum Gasteiger partial charge on any atom is -0.405 e. The number of alkyl halides is 3. The van der Waals surface area contributed by atoms with Gasteiger partial charge >= 0.3 is 6.36 Å². The molecule has 0 aromatic heterocycles. The third-order valence-electron chi connectivity index (χ3n) is 2.68. The van der Waals surface area contributed by atoms with E-state index in [1.54, 1.807) is 0 Å². The van der Waals surface area contributed by atoms with Gasteiger partial charge in [0.2, 0.25) is 0 Å². The predicted molar refractivity (Wildman–Crippen MR) is 72.9 cm³/mol. The summed E-state index contributed by atoms with van der Waals surface area (Å²) in [4.78, 5) is 12.0. The fourth-order valence-electron chi connectivity index (χ4n) is 1.72. The number of halogens is 4. The van der Waals surface area contributed by atoms with Gasteiger partial charge in [-0.15, -0.1) is 13.2 Å². The topological polar surface area (TPSA) is 26.3 Å². The summed E-state index contributed by atoms with van der Waals surface area (Å²) < 4.78 is 53.4. The summed E-state index contributed by atoms with van der Waals surface area (Å²) in [5.41, 5.74) is 0.335. The zero-order chi connectivity index (χ0) is 16.2. The maximum Gasteiger partial charge on any atom is 0.573 e. The van der Waals surface area contributed by atoms with Gasteiger partial charge in [-0.2, -0.15) is 0 Å². The van der Waals surface area contributed by atoms with Crippen LogP contribution in [0.5, 0.6) is 5.75 Å². The van der Waals surface area contributed by atoms with Crippen molar-refractivity contribution in [2.75, 3.05) is 0 Å². The molecule has 114 valence electrons. The highest BCUT2D eigenvalue weighted by Crippen LogP contribution is 2.26. The fourth-order valence-corrected chi connectivity index (χ4v) is 1.72. The summed E-state index contributed by atoms with van der Waals surface area (Å²) in [5.74, 6) is -1.64. The van der Waals surface area contributed by atoms with Crippen molar-refractivity contribution < 1.29 is 27.1 Å². The van der Waals surface area contributed by atoms with Crippen molar-refractivity contribution in [1.29, 1.82) is 0 Å². The lowest BCUT2D eigenvalue weighted by atomic mass is 10.1. The van der Waals surface area contributed by atoms with Crippen molar-refractivity contribution in [3.63, 3.8) is 0 Å². The summed E-state index contributed by atoms with van der Waals surface area (Å²) in [6, 6.07) is 10.4. The van der Waals surface area contributed by atoms with Crippen LogP contribution in [-0.4, -0.2) is 12.1 Å². The van der Waals surface area contributed by atoms with Crippen molar-refractivity contribution in [2.45, 2.75) is 6.36 Å². The average molecular weight is 310 g/mol. The van der Waals surface area contributed by atoms with Gasteiger partial charge in [-0.1, -0.05) is 30.3 Å². The van der Waals surface area contributed by atoms with Crippen molar-refractivity contribution in [3.05, 3.63) is 71.6 Å². The third kappa shape index (κ3) is 4.44. The van der Waals surface area contributed by atoms with Crippen LogP contribution in [0.2, 0.25) is 0 Å². The second kappa shape index (κ2) is 6.43. The number of para-hydroxylation sites is 1. The Labute approximate surface area is 123 Å². The van der Waals surface area contributed by atoms with Gasteiger partial charge in [0, 0.05) is 0 Å². The number of ketones is 1. The van der Waals surface area contributed by atoms with Crippen LogP contribution in [0.25, 0.3) is 6.08 Å². The van der Waals surface area contributed by atoms with Crippen molar-refractivity contribution >= 4 is 11.9 Å². The second-order valence-electron chi connectivity index (χ2n) is 4.29. The van der Waals surface area contributed by atoms with E-state index in [-0.39, 0.29) is 5.56 Å². The van der Waals surface area contributed by atoms with Crippen LogP contribution in [0, 0.1) is 5.82 Å². The molecule has 0 aliphatic rings. The van der Waals surface area contributed by atoms with Crippen LogP contribution in [0.15, 0.2) is 54.6 Å². The van der Waals surface area contributed by atoms with Gasteiger partial charge in [0.05, 0.1) is 5.56 Å². The number of carbonyl (C=O) groups excluding carboxylic acids is 1. The van der Waals surface area contributed by atoms with Gasteiger partial charge in [0.1, 0.15) is 11.6 Å². The van der Waals surface area contributed by atoms with E-state index in [0.29, 0.717) is 5.56 Å². The van der Waals surface area contributed by atoms with Gasteiger partial charge in [-0.25, -0.2) is 4.39 Å². The average Bonchev–Trinajstić information content (AvgIpc) is 2.45. The van der Waals surface area contributed by atoms with Gasteiger partial charge in [-0.3, -0.25) is 4.79 Å². The number of carbonyl (C=O) groups is 1. The van der Waals surface area contributed by atoms with Crippen LogP contribution < -0.4 is 4.74 Å². The van der Waals surface area contributed by atoms with Gasteiger partial charge in [0.25, 0.3) is 0 Å². The Hall–Kier alpha value is -2.63. The van der Waals surface area contributed by atoms with Gasteiger partial charge in [0.15, 0.2) is 5.78 Å². The molecule has 0 saturated carbocycles. The van der Waals surface area contributed by atoms with E-state index >= 15 is 0 Å². The molecule has 0 spiro atoms. The number of hydrogen-bond donors (Lipinski definition) is 0. The molecule has 2 rings (SSSR count). The number of ether oxygens (including phenoxy) is 1. The first kappa shape index (κ1) is 15.8. The minimum absolute atomic E-state index is 0.210. The van der Waals surface area contributed by atoms with Crippen LogP contribution in [0.4, 0.5) is 17.6 Å². The third-order valence-corrected chi connectivity index (χ3v) is 2.68. The predicted octanol–water partition coefficient (Wildman–Crippen LogP) is 4.62. The quantitative estimate of drug-likeness (QED) is 0.468. The SMILES string of the molecule is O=C(C=Cc1ccc(F)cc1)c1ccccc1OC(F)(F)F. The molecule has 2 aromatic carbocycles. The Morgan fingerprint density at radius 2 is 1.64 bits per heavy atom. The van der Waals surface area contributed by atoms with E-state index in [4.69, 9.17) is 0 Å². The Bertz CT molecular complexity index is 688. The molecule has 0 saturated heterocycles. The lowest BCUT2D eigenvalue weighted by Gasteiger charge is -2.11. The summed E-state index contributed by atoms with van der Waals surface area (Å²) in [6.07, 6.45) is -2.39. The molecule has 0 heterocycles. The van der Waals surface area contributed by atoms with E-state index in [0.717, 1.165) is 12.1 Å². The number of benzene rings is 2. The van der Waals surface area contributed by atoms with Gasteiger partial charge in [-0.05, 0) is 35.9 Å². The van der Waals surface area contributed by atoms with Crippen LogP contribution in [0.1, 0.15) is 15.9 Å². The molecule has 0 aliphatic heterocycles. The summed E-state index contributed by atoms with van der Waals surface area (Å²) in [6.45, 7) is 0. The maximum atomic E-state index is 12.7. The number of allylic oxidation sites excluding steroid dienone is 1. The highest BCUT2D eigenvalue weighted by atomic mass is 19.4. The first-order valence-electron chi connectivity index (χ1n) is 6.18. The van der Waals surface area contributed by atoms with E-state index in [1.165, 1.54) is 48.5 Å². The van der Waals surface area contributed by atoms with E-state index in [9.17, 15) is 22.4 Å². The van der Waals surface area contributed by atoms with Crippen molar-refractivity contribution in [3.8, 4) is 5.75 Å². The summed E-state index contributed by atoms with van der Waals surface area (Å²) >= 11 is 0. The molecule has 0 radical (unpaired) electrons. The molecule has 0 fully saturated rings. The molecule has 0 atom stereocenters. The fraction of sp³-hybridized carbons (Fsp3) is 0.0625. The first-order chi connectivity index (χ1) is 10.3. The molecule has 6 heteroatoms. The second-order valence-corrected chi connectivity index (χ2v) is 4.29. The number of rotatable bonds is 4. The molecule has 22 heavy (non-hydrogen) atoms. The molecule has 0 N–H and O–H groups in total. The molecule has 2 aromatic rings. The Balaban J connectivity index is 2.21. The summed E-state index contributed by atoms with van der Waals surface area (Å²) in [5, 5.41) is 0. The molecular formula is C16H10F4O2. The van der Waals surface area contributed by atoms with Crippen LogP contribution in [0.3, 0.4) is 0 Å². The van der Waals surface area contributed by atoms with Crippen LogP contribution >= 0.6 is 0 Å². The normalized spacial score (nSPS) is 11.6. The molecular weight excluding hydrogens is 300 g/mol. The smallest absolute Gasteiger partial charge is 0.405 e. The molecule has 2 nitrogen and oxygen atoms in total. The molecule has 0 bridgehead atoms. The largest absolute Gasteiger partial charge is 0.573 e. The molecule has 0 amide bonds. The Morgan fingerprint density at radius 1 is 1.00 bits per heavy atom. The van der Waals surface area contributed by atoms with Crippen molar-refractivity contribution in [2.24, 2.45) is 0 Å². The van der Waals surface area contributed by atoms with E-state index in [1.807, 2.05) is 0 Å². The highest BCUT2D eigenvalue weighted by molar-refractivity contribution is 6.08. The first-order valence-corrected chi connectivity index (χ1v) is 6.18. The minimum atomic E-state index is -4.88. The maximum absolute atomic E-state index is 12.7. The van der Waals surface area contributed by atoms with Crippen molar-refractivity contribution in [1.82, 2.24) is 0 Å². The Morgan fingerprint density at radius 3 is 2.27 bits per heavy atom. The molecule has 0 aliphatic carbocycles. The number of hydrogen-bond acceptors (Lipinski definition) is 2. The monoisotopic (exact) mass is 310 g/mol. The van der Waals surface area contributed by atoms with Gasteiger partial charge < -0.3 is 4.74 Å². The Kier molecular flexibility index (Phi) is 4.60. The van der Waals surface area contributed by atoms with E-state index < -0.39 is 23.7 Å². The highest BCUT2D eigenvalue weighted by Gasteiger charge is 2.32. The lowest BCUT2D eigenvalue weighted by molar-refractivity contribution is -0.274. The van der Waals surface area contributed by atoms with Crippen LogP contribution in [-0.2, 0) is 0 Å². The molecule has 0 unspecified atom stereocenters.